The Bertz CT molecular complexity index is 3800. The van der Waals surface area contributed by atoms with Crippen molar-refractivity contribution in [2.75, 3.05) is 4.90 Å². The maximum absolute atomic E-state index is 2.61. The predicted molar refractivity (Wildman–Crippen MR) is 275 cm³/mol. The van der Waals surface area contributed by atoms with Crippen LogP contribution in [0.4, 0.5) is 17.1 Å². The second kappa shape index (κ2) is 13.7. The first-order chi connectivity index (χ1) is 32.5. The average molecular weight is 841 g/mol. The summed E-state index contributed by atoms with van der Waals surface area (Å²) in [5, 5.41) is 2.57. The van der Waals surface area contributed by atoms with E-state index >= 15 is 0 Å². The van der Waals surface area contributed by atoms with Crippen molar-refractivity contribution < 1.29 is 0 Å². The Morgan fingerprint density at radius 1 is 0.333 bits per heavy atom. The van der Waals surface area contributed by atoms with Crippen molar-refractivity contribution in [3.63, 3.8) is 0 Å². The van der Waals surface area contributed by atoms with Crippen molar-refractivity contribution in [2.45, 2.75) is 24.7 Å². The lowest BCUT2D eigenvalue weighted by molar-refractivity contribution is 0.660. The minimum atomic E-state index is -0.575. The molecule has 1 aromatic heterocycles. The highest BCUT2D eigenvalue weighted by atomic mass is 15.2. The number of benzene rings is 10. The molecule has 2 nitrogen and oxygen atoms in total. The van der Waals surface area contributed by atoms with Crippen molar-refractivity contribution in [1.82, 2.24) is 4.57 Å². The quantitative estimate of drug-likeness (QED) is 0.168. The van der Waals surface area contributed by atoms with Crippen molar-refractivity contribution in [1.29, 1.82) is 0 Å². The van der Waals surface area contributed by atoms with E-state index in [0.717, 1.165) is 11.4 Å². The van der Waals surface area contributed by atoms with Crippen LogP contribution >= 0.6 is 0 Å². The van der Waals surface area contributed by atoms with E-state index in [1.807, 2.05) is 0 Å². The molecule has 2 heterocycles. The van der Waals surface area contributed by atoms with Crippen molar-refractivity contribution in [3.8, 4) is 50.2 Å². The van der Waals surface area contributed by atoms with E-state index in [9.17, 15) is 0 Å². The molecule has 66 heavy (non-hydrogen) atoms. The molecule has 0 fully saturated rings. The van der Waals surface area contributed by atoms with Gasteiger partial charge in [0.15, 0.2) is 0 Å². The van der Waals surface area contributed by atoms with Gasteiger partial charge in [-0.25, -0.2) is 0 Å². The molecule has 0 saturated heterocycles. The second-order valence-electron chi connectivity index (χ2n) is 18.7. The highest BCUT2D eigenvalue weighted by Gasteiger charge is 2.52. The molecule has 1 atom stereocenters. The van der Waals surface area contributed by atoms with Crippen LogP contribution in [0.3, 0.4) is 0 Å². The van der Waals surface area contributed by atoms with Crippen LogP contribution in [0.5, 0.6) is 0 Å². The minimum Gasteiger partial charge on any atom is -0.309 e. The van der Waals surface area contributed by atoms with Gasteiger partial charge in [0, 0.05) is 32.9 Å². The van der Waals surface area contributed by atoms with Gasteiger partial charge in [-0.2, -0.15) is 0 Å². The maximum atomic E-state index is 2.61. The topological polar surface area (TPSA) is 8.17 Å². The number of hydrogen-bond acceptors (Lipinski definition) is 1. The average Bonchev–Trinajstić information content (AvgIpc) is 3.96. The zero-order chi connectivity index (χ0) is 43.7. The van der Waals surface area contributed by atoms with Gasteiger partial charge in [-0.3, -0.25) is 0 Å². The first-order valence-corrected chi connectivity index (χ1v) is 23.2. The van der Waals surface area contributed by atoms with Gasteiger partial charge >= 0.3 is 0 Å². The summed E-state index contributed by atoms with van der Waals surface area (Å²) in [7, 11) is 0. The van der Waals surface area contributed by atoms with Crippen LogP contribution in [0, 0.1) is 0 Å². The highest BCUT2D eigenvalue weighted by molar-refractivity contribution is 6.13. The third kappa shape index (κ3) is 4.80. The summed E-state index contributed by atoms with van der Waals surface area (Å²) in [6.07, 6.45) is 0. The molecule has 0 radical (unpaired) electrons. The summed E-state index contributed by atoms with van der Waals surface area (Å²) in [6.45, 7) is 4.77. The number of aromatic nitrogens is 1. The molecule has 1 aliphatic heterocycles. The predicted octanol–water partition coefficient (Wildman–Crippen LogP) is 16.6. The number of fused-ring (bicyclic) bond motifs is 15. The summed E-state index contributed by atoms with van der Waals surface area (Å²) in [6, 6.07) is 86.3. The summed E-state index contributed by atoms with van der Waals surface area (Å²) >= 11 is 0. The fourth-order valence-electron chi connectivity index (χ4n) is 12.5. The van der Waals surface area contributed by atoms with E-state index in [0.29, 0.717) is 0 Å². The third-order valence-corrected chi connectivity index (χ3v) is 15.2. The van der Waals surface area contributed by atoms with E-state index in [1.165, 1.54) is 111 Å². The largest absolute Gasteiger partial charge is 0.309 e. The lowest BCUT2D eigenvalue weighted by Crippen LogP contribution is -2.33. The molecule has 310 valence electrons. The lowest BCUT2D eigenvalue weighted by Gasteiger charge is -2.40. The van der Waals surface area contributed by atoms with E-state index in [1.54, 1.807) is 0 Å². The van der Waals surface area contributed by atoms with Gasteiger partial charge in [0.05, 0.1) is 39.2 Å². The van der Waals surface area contributed by atoms with Gasteiger partial charge in [-0.15, -0.1) is 0 Å². The van der Waals surface area contributed by atoms with Gasteiger partial charge in [-0.1, -0.05) is 214 Å². The maximum Gasteiger partial charge on any atom is 0.0755 e. The molecule has 0 bridgehead atoms. The number of anilines is 3. The van der Waals surface area contributed by atoms with Crippen LogP contribution in [0.2, 0.25) is 0 Å². The molecule has 10 aromatic carbocycles. The van der Waals surface area contributed by atoms with E-state index in [4.69, 9.17) is 0 Å². The number of hydrogen-bond donors (Lipinski definition) is 0. The fraction of sp³-hybridized carbons (Fsp3) is 0.0625. The van der Waals surface area contributed by atoms with Gasteiger partial charge < -0.3 is 9.47 Å². The van der Waals surface area contributed by atoms with Gasteiger partial charge in [0.25, 0.3) is 0 Å². The lowest BCUT2D eigenvalue weighted by atomic mass is 9.65. The minimum absolute atomic E-state index is 0.168. The molecule has 1 spiro atoms. The van der Waals surface area contributed by atoms with E-state index in [-0.39, 0.29) is 5.41 Å². The Labute approximate surface area is 385 Å². The van der Waals surface area contributed by atoms with E-state index < -0.39 is 5.41 Å². The van der Waals surface area contributed by atoms with Crippen LogP contribution < -0.4 is 4.90 Å². The molecule has 2 heteroatoms. The normalized spacial score (nSPS) is 15.6. The first kappa shape index (κ1) is 37.2. The zero-order valence-electron chi connectivity index (χ0n) is 36.8. The molecule has 2 aliphatic carbocycles. The third-order valence-electron chi connectivity index (χ3n) is 15.2. The van der Waals surface area contributed by atoms with Gasteiger partial charge in [-0.05, 0) is 91.5 Å². The van der Waals surface area contributed by atoms with Gasteiger partial charge in [0.1, 0.15) is 0 Å². The standard InChI is InChI=1S/C64H44N2/c1-63(2)49-26-10-6-23-47(49)60-52(63)29-17-35-58(60)65(55-32-13-8-21-44(55)43-39-37-42(38-40-43)41-19-4-3-5-20-41)59-36-18-30-53-61(59)48-24-7-11-27-50(48)64(53)51-28-12-15-34-57(51)66-56-33-14-9-22-45(56)46-25-16-31-54(64)62(46)66/h3-40H,1-2H3. The fourth-order valence-corrected chi connectivity index (χ4v) is 12.5. The Morgan fingerprint density at radius 2 is 0.833 bits per heavy atom. The highest BCUT2D eigenvalue weighted by Crippen LogP contribution is 2.64. The van der Waals surface area contributed by atoms with Crippen LogP contribution in [0.15, 0.2) is 231 Å². The summed E-state index contributed by atoms with van der Waals surface area (Å²) in [4.78, 5) is 2.61. The molecular weight excluding hydrogens is 797 g/mol. The van der Waals surface area contributed by atoms with Crippen LogP contribution in [-0.2, 0) is 10.8 Å². The van der Waals surface area contributed by atoms with Gasteiger partial charge in [0.2, 0.25) is 0 Å². The van der Waals surface area contributed by atoms with Crippen LogP contribution in [0.1, 0.15) is 47.2 Å². The molecule has 1 unspecified atom stereocenters. The van der Waals surface area contributed by atoms with Crippen LogP contribution in [0.25, 0.3) is 72.0 Å². The van der Waals surface area contributed by atoms with Crippen molar-refractivity contribution in [2.24, 2.45) is 0 Å². The zero-order valence-corrected chi connectivity index (χ0v) is 36.8. The van der Waals surface area contributed by atoms with Crippen molar-refractivity contribution in [3.05, 3.63) is 264 Å². The molecule has 11 aromatic rings. The smallest absolute Gasteiger partial charge is 0.0755 e. The van der Waals surface area contributed by atoms with Crippen LogP contribution in [-0.4, -0.2) is 4.57 Å². The molecule has 0 amide bonds. The Hall–Kier alpha value is -8.20. The molecular formula is C64H44N2. The second-order valence-corrected chi connectivity index (χ2v) is 18.7. The van der Waals surface area contributed by atoms with Crippen molar-refractivity contribution >= 4 is 38.9 Å². The monoisotopic (exact) mass is 840 g/mol. The Balaban J connectivity index is 1.09. The Morgan fingerprint density at radius 3 is 1.62 bits per heavy atom. The molecule has 0 saturated carbocycles. The molecule has 0 N–H and O–H groups in total. The Kier molecular flexibility index (Phi) is 7.70. The summed E-state index contributed by atoms with van der Waals surface area (Å²) in [5.74, 6) is 0. The first-order valence-electron chi connectivity index (χ1n) is 23.2. The summed E-state index contributed by atoms with van der Waals surface area (Å²) in [5.41, 5.74) is 24.3. The number of para-hydroxylation sites is 4. The SMILES string of the molecule is CC1(C)c2ccccc2-c2c(N(c3ccccc3-c3ccc(-c4ccccc4)cc3)c3cccc4c3-c3ccccc3C43c4ccccc4-n4c5ccccc5c5cccc3c54)cccc21. The number of nitrogens with zero attached hydrogens (tertiary/aromatic N) is 2. The molecule has 14 rings (SSSR count). The molecule has 3 aliphatic rings. The number of rotatable bonds is 5. The summed E-state index contributed by atoms with van der Waals surface area (Å²) < 4.78 is 2.53. The van der Waals surface area contributed by atoms with E-state index in [2.05, 4.69) is 254 Å².